The fraction of sp³-hybridized carbons (Fsp3) is 0.364. The van der Waals surface area contributed by atoms with E-state index in [1.165, 1.54) is 16.5 Å². The highest BCUT2D eigenvalue weighted by molar-refractivity contribution is 9.10. The summed E-state index contributed by atoms with van der Waals surface area (Å²) in [4.78, 5) is 12.1. The van der Waals surface area contributed by atoms with Crippen molar-refractivity contribution in [1.82, 2.24) is 19.8 Å². The van der Waals surface area contributed by atoms with Crippen LogP contribution in [0.5, 0.6) is 5.75 Å². The topological polar surface area (TPSA) is 61.9 Å². The number of aryl methyl sites for hydroxylation is 1. The van der Waals surface area contributed by atoms with E-state index >= 15 is 0 Å². The normalized spacial score (nSPS) is 10.7. The van der Waals surface area contributed by atoms with Crippen molar-refractivity contribution in [2.75, 3.05) is 7.11 Å². The predicted octanol–water partition coefficient (Wildman–Crippen LogP) is 2.26. The first-order valence-electron chi connectivity index (χ1n) is 5.64. The maximum absolute atomic E-state index is 12.1. The number of nitrogens with zero attached hydrogens (tertiary/aromatic N) is 4. The molecule has 0 unspecified atom stereocenters. The van der Waals surface area contributed by atoms with Crippen molar-refractivity contribution in [3.05, 3.63) is 32.1 Å². The second kappa shape index (κ2) is 5.75. The van der Waals surface area contributed by atoms with Gasteiger partial charge in [0.15, 0.2) is 0 Å². The first kappa shape index (κ1) is 14.1. The van der Waals surface area contributed by atoms with Gasteiger partial charge in [-0.15, -0.1) is 0 Å². The van der Waals surface area contributed by atoms with Gasteiger partial charge in [0.05, 0.1) is 17.8 Å². The minimum absolute atomic E-state index is 0.299. The molecule has 0 aliphatic heterocycles. The van der Waals surface area contributed by atoms with E-state index in [4.69, 9.17) is 16.3 Å². The van der Waals surface area contributed by atoms with Gasteiger partial charge in [-0.25, -0.2) is 4.79 Å². The zero-order valence-corrected chi connectivity index (χ0v) is 12.8. The van der Waals surface area contributed by atoms with Gasteiger partial charge in [0.1, 0.15) is 5.75 Å². The lowest BCUT2D eigenvalue weighted by molar-refractivity contribution is 0.414. The van der Waals surface area contributed by atoms with E-state index in [0.717, 1.165) is 6.42 Å². The lowest BCUT2D eigenvalue weighted by atomic mass is 10.3. The highest BCUT2D eigenvalue weighted by Gasteiger charge is 2.14. The molecule has 2 rings (SSSR count). The van der Waals surface area contributed by atoms with Crippen LogP contribution in [0.3, 0.4) is 0 Å². The molecule has 0 atom stereocenters. The molecule has 0 saturated heterocycles. The summed E-state index contributed by atoms with van der Waals surface area (Å²) in [6.07, 6.45) is 0.809. The van der Waals surface area contributed by atoms with Gasteiger partial charge in [-0.05, 0) is 38.8 Å². The molecule has 0 saturated carbocycles. The zero-order valence-electron chi connectivity index (χ0n) is 10.4. The molecule has 19 heavy (non-hydrogen) atoms. The van der Waals surface area contributed by atoms with Gasteiger partial charge in [0, 0.05) is 17.1 Å². The molecular weight excluding hydrogens is 336 g/mol. The maximum Gasteiger partial charge on any atom is 0.368 e. The van der Waals surface area contributed by atoms with Crippen LogP contribution in [0.15, 0.2) is 21.4 Å². The summed E-state index contributed by atoms with van der Waals surface area (Å²) >= 11 is 9.35. The molecule has 1 heterocycles. The Hall–Kier alpha value is -1.34. The number of tetrazole rings is 1. The van der Waals surface area contributed by atoms with Gasteiger partial charge < -0.3 is 4.74 Å². The predicted molar refractivity (Wildman–Crippen MR) is 75.2 cm³/mol. The standard InChI is InChI=1S/C11H12BrClN4O2/c1-3-4-16-11(18)17(15-14-16)9-6-10(19-2)8(13)5-7(9)12/h5-6H,3-4H2,1-2H3. The molecule has 8 heteroatoms. The van der Waals surface area contributed by atoms with Gasteiger partial charge in [0.25, 0.3) is 0 Å². The number of benzene rings is 1. The van der Waals surface area contributed by atoms with Crippen molar-refractivity contribution in [3.8, 4) is 11.4 Å². The van der Waals surface area contributed by atoms with Crippen LogP contribution in [0, 0.1) is 0 Å². The molecule has 0 fully saturated rings. The molecule has 0 N–H and O–H groups in total. The molecule has 2 aromatic rings. The van der Waals surface area contributed by atoms with Gasteiger partial charge in [-0.2, -0.15) is 9.36 Å². The Morgan fingerprint density at radius 2 is 2.16 bits per heavy atom. The summed E-state index contributed by atoms with van der Waals surface area (Å²) in [5.41, 5.74) is 0.237. The Bertz CT molecular complexity index is 653. The number of hydrogen-bond acceptors (Lipinski definition) is 4. The van der Waals surface area contributed by atoms with Gasteiger partial charge in [-0.1, -0.05) is 18.5 Å². The van der Waals surface area contributed by atoms with E-state index in [-0.39, 0.29) is 5.69 Å². The molecule has 6 nitrogen and oxygen atoms in total. The van der Waals surface area contributed by atoms with Crippen molar-refractivity contribution in [2.24, 2.45) is 0 Å². The van der Waals surface area contributed by atoms with Gasteiger partial charge in [0.2, 0.25) is 0 Å². The Balaban J connectivity index is 2.56. The highest BCUT2D eigenvalue weighted by Crippen LogP contribution is 2.32. The smallest absolute Gasteiger partial charge is 0.368 e. The van der Waals surface area contributed by atoms with E-state index < -0.39 is 0 Å². The first-order valence-corrected chi connectivity index (χ1v) is 6.81. The van der Waals surface area contributed by atoms with E-state index in [2.05, 4.69) is 26.4 Å². The van der Waals surface area contributed by atoms with E-state index in [1.54, 1.807) is 12.1 Å². The van der Waals surface area contributed by atoms with E-state index in [9.17, 15) is 4.79 Å². The summed E-state index contributed by atoms with van der Waals surface area (Å²) < 4.78 is 8.30. The quantitative estimate of drug-likeness (QED) is 0.851. The fourth-order valence-corrected chi connectivity index (χ4v) is 2.50. The van der Waals surface area contributed by atoms with Crippen molar-refractivity contribution in [3.63, 3.8) is 0 Å². The molecule has 0 bridgehead atoms. The Kier molecular flexibility index (Phi) is 4.26. The molecule has 0 spiro atoms. The minimum Gasteiger partial charge on any atom is -0.495 e. The number of rotatable bonds is 4. The van der Waals surface area contributed by atoms with Crippen LogP contribution in [0.1, 0.15) is 13.3 Å². The van der Waals surface area contributed by atoms with Crippen LogP contribution in [0.4, 0.5) is 0 Å². The molecule has 1 aromatic heterocycles. The fourth-order valence-electron chi connectivity index (χ4n) is 1.61. The number of halogens is 2. The molecule has 1 aromatic carbocycles. The van der Waals surface area contributed by atoms with Crippen LogP contribution in [-0.2, 0) is 6.54 Å². The van der Waals surface area contributed by atoms with Crippen LogP contribution in [-0.4, -0.2) is 26.9 Å². The lowest BCUT2D eigenvalue weighted by Crippen LogP contribution is -2.24. The molecule has 0 aliphatic rings. The lowest BCUT2D eigenvalue weighted by Gasteiger charge is -2.07. The van der Waals surface area contributed by atoms with E-state index in [1.807, 2.05) is 6.92 Å². The summed E-state index contributed by atoms with van der Waals surface area (Å²) in [6, 6.07) is 3.29. The third-order valence-electron chi connectivity index (χ3n) is 2.52. The van der Waals surface area contributed by atoms with Crippen molar-refractivity contribution >= 4 is 27.5 Å². The van der Waals surface area contributed by atoms with Crippen LogP contribution in [0.25, 0.3) is 5.69 Å². The number of aromatic nitrogens is 4. The van der Waals surface area contributed by atoms with Crippen LogP contribution in [0.2, 0.25) is 5.02 Å². The third kappa shape index (κ3) is 2.66. The van der Waals surface area contributed by atoms with E-state index in [0.29, 0.717) is 27.5 Å². The average Bonchev–Trinajstić information content (AvgIpc) is 2.72. The minimum atomic E-state index is -0.299. The average molecular weight is 348 g/mol. The Labute approximate surface area is 123 Å². The monoisotopic (exact) mass is 346 g/mol. The highest BCUT2D eigenvalue weighted by atomic mass is 79.9. The third-order valence-corrected chi connectivity index (χ3v) is 3.45. The Morgan fingerprint density at radius 3 is 2.79 bits per heavy atom. The number of hydrogen-bond donors (Lipinski definition) is 0. The van der Waals surface area contributed by atoms with Crippen molar-refractivity contribution in [1.29, 1.82) is 0 Å². The van der Waals surface area contributed by atoms with Crippen LogP contribution < -0.4 is 10.4 Å². The zero-order chi connectivity index (χ0) is 14.0. The van der Waals surface area contributed by atoms with Crippen molar-refractivity contribution in [2.45, 2.75) is 19.9 Å². The Morgan fingerprint density at radius 1 is 1.42 bits per heavy atom. The van der Waals surface area contributed by atoms with Gasteiger partial charge >= 0.3 is 5.69 Å². The maximum atomic E-state index is 12.1. The number of ether oxygens (including phenoxy) is 1. The largest absolute Gasteiger partial charge is 0.495 e. The van der Waals surface area contributed by atoms with Crippen molar-refractivity contribution < 1.29 is 4.74 Å². The SMILES string of the molecule is CCCn1nnn(-c2cc(OC)c(Cl)cc2Br)c1=O. The summed E-state index contributed by atoms with van der Waals surface area (Å²) in [6.45, 7) is 2.49. The molecule has 0 amide bonds. The van der Waals surface area contributed by atoms with Gasteiger partial charge in [-0.3, -0.25) is 0 Å². The molecule has 0 radical (unpaired) electrons. The summed E-state index contributed by atoms with van der Waals surface area (Å²) in [5, 5.41) is 8.13. The van der Waals surface area contributed by atoms with Crippen LogP contribution >= 0.6 is 27.5 Å². The second-order valence-corrected chi connectivity index (χ2v) is 5.10. The number of methoxy groups -OCH3 is 1. The molecular formula is C11H12BrClN4O2. The second-order valence-electron chi connectivity index (χ2n) is 3.83. The molecule has 102 valence electrons. The summed E-state index contributed by atoms with van der Waals surface area (Å²) in [7, 11) is 1.51. The summed E-state index contributed by atoms with van der Waals surface area (Å²) in [5.74, 6) is 0.469. The first-order chi connectivity index (χ1) is 9.08. The molecule has 0 aliphatic carbocycles.